The molecule has 9 nitrogen and oxygen atoms in total. The largest absolute Gasteiger partial charge is 0.456 e. The van der Waals surface area contributed by atoms with Crippen LogP contribution in [-0.2, 0) is 17.7 Å². The summed E-state index contributed by atoms with van der Waals surface area (Å²) in [5.74, 6) is -0.782. The molecule has 2 heterocycles. The van der Waals surface area contributed by atoms with E-state index in [2.05, 4.69) is 30.8 Å². The number of anilines is 1. The second-order valence-corrected chi connectivity index (χ2v) is 10.9. The molecule has 0 saturated carbocycles. The predicted molar refractivity (Wildman–Crippen MR) is 145 cm³/mol. The van der Waals surface area contributed by atoms with E-state index in [1.165, 1.54) is 18.5 Å². The van der Waals surface area contributed by atoms with Gasteiger partial charge in [0.1, 0.15) is 28.8 Å². The first-order valence-electron chi connectivity index (χ1n) is 12.6. The zero-order valence-electron chi connectivity index (χ0n) is 22.0. The van der Waals surface area contributed by atoms with Crippen LogP contribution in [-0.4, -0.2) is 37.6 Å². The zero-order valence-corrected chi connectivity index (χ0v) is 22.7. The zero-order chi connectivity index (χ0) is 27.9. The van der Waals surface area contributed by atoms with Gasteiger partial charge in [-0.25, -0.2) is 19.2 Å². The summed E-state index contributed by atoms with van der Waals surface area (Å²) in [7, 11) is 0. The van der Waals surface area contributed by atoms with Crippen LogP contribution in [0, 0.1) is 12.7 Å². The molecule has 1 atom stereocenters. The number of nitrogens with zero attached hydrogens (tertiary/aromatic N) is 3. The molecule has 5 rings (SSSR count). The van der Waals surface area contributed by atoms with Crippen LogP contribution in [0.1, 0.15) is 76.3 Å². The minimum Gasteiger partial charge on any atom is -0.456 e. The fourth-order valence-corrected chi connectivity index (χ4v) is 4.98. The van der Waals surface area contributed by atoms with Gasteiger partial charge in [-0.3, -0.25) is 9.89 Å². The third-order valence-corrected chi connectivity index (χ3v) is 6.92. The van der Waals surface area contributed by atoms with Crippen LogP contribution in [0.5, 0.6) is 0 Å². The summed E-state index contributed by atoms with van der Waals surface area (Å²) in [5, 5.41) is 13.3. The molecule has 0 unspecified atom stereocenters. The van der Waals surface area contributed by atoms with Gasteiger partial charge in [0.15, 0.2) is 11.5 Å². The number of hydrogen-bond acceptors (Lipinski definition) is 7. The second-order valence-electron chi connectivity index (χ2n) is 10.5. The van der Waals surface area contributed by atoms with Gasteiger partial charge in [0.05, 0.1) is 16.6 Å². The standard InChI is InChI=1S/C28H28ClFN6O3/c1-14-16-8-10-21(18(16)7-6-17(14)27(38)39-28(2,3)4)34-26(37)24-22-23(32-13-33-24)25(36-35-22)31-12-15-5-9-20(30)19(29)11-15/h5-7,9,11,13,21H,8,10,12H2,1-4H3,(H,34,37)(H2,31,35,36)/t21-/m0/s1. The molecular weight excluding hydrogens is 523 g/mol. The lowest BCUT2D eigenvalue weighted by atomic mass is 9.97. The Balaban J connectivity index is 1.32. The van der Waals surface area contributed by atoms with Crippen molar-refractivity contribution in [3.8, 4) is 0 Å². The molecule has 0 bridgehead atoms. The summed E-state index contributed by atoms with van der Waals surface area (Å²) in [6, 6.07) is 7.87. The van der Waals surface area contributed by atoms with Crippen molar-refractivity contribution in [1.29, 1.82) is 0 Å². The molecule has 4 aromatic rings. The van der Waals surface area contributed by atoms with E-state index in [-0.39, 0.29) is 28.6 Å². The molecule has 0 spiro atoms. The molecule has 11 heteroatoms. The topological polar surface area (TPSA) is 122 Å². The number of halogens is 2. The molecule has 0 aliphatic heterocycles. The second kappa shape index (κ2) is 10.3. The number of carbonyl (C=O) groups is 2. The van der Waals surface area contributed by atoms with Crippen LogP contribution in [0.3, 0.4) is 0 Å². The van der Waals surface area contributed by atoms with Crippen molar-refractivity contribution in [2.45, 2.75) is 58.7 Å². The van der Waals surface area contributed by atoms with Crippen LogP contribution in [0.4, 0.5) is 10.2 Å². The minimum absolute atomic E-state index is 0.0345. The maximum absolute atomic E-state index is 13.4. The average molecular weight is 551 g/mol. The number of benzene rings is 2. The summed E-state index contributed by atoms with van der Waals surface area (Å²) < 4.78 is 19.0. The van der Waals surface area contributed by atoms with Crippen molar-refractivity contribution >= 4 is 40.3 Å². The normalized spacial score (nSPS) is 14.8. The highest BCUT2D eigenvalue weighted by Crippen LogP contribution is 2.35. The number of aromatic amines is 1. The number of esters is 1. The molecule has 0 radical (unpaired) electrons. The molecular formula is C28H28ClFN6O3. The number of rotatable bonds is 6. The third kappa shape index (κ3) is 5.42. The van der Waals surface area contributed by atoms with E-state index in [9.17, 15) is 14.0 Å². The molecule has 0 saturated heterocycles. The van der Waals surface area contributed by atoms with Gasteiger partial charge in [-0.2, -0.15) is 5.10 Å². The summed E-state index contributed by atoms with van der Waals surface area (Å²) >= 11 is 5.87. The quantitative estimate of drug-likeness (QED) is 0.273. The van der Waals surface area contributed by atoms with E-state index in [4.69, 9.17) is 16.3 Å². The Morgan fingerprint density at radius 1 is 1.21 bits per heavy atom. The van der Waals surface area contributed by atoms with Crippen LogP contribution in [0.25, 0.3) is 11.0 Å². The summed E-state index contributed by atoms with van der Waals surface area (Å²) in [4.78, 5) is 34.5. The smallest absolute Gasteiger partial charge is 0.338 e. The van der Waals surface area contributed by atoms with Gasteiger partial charge in [-0.15, -0.1) is 0 Å². The van der Waals surface area contributed by atoms with E-state index >= 15 is 0 Å². The van der Waals surface area contributed by atoms with E-state index in [1.54, 1.807) is 12.1 Å². The summed E-state index contributed by atoms with van der Waals surface area (Å²) in [6.45, 7) is 7.75. The lowest BCUT2D eigenvalue weighted by Crippen LogP contribution is -2.28. The Labute approximate surface area is 229 Å². The fourth-order valence-electron chi connectivity index (χ4n) is 4.78. The number of fused-ring (bicyclic) bond motifs is 2. The third-order valence-electron chi connectivity index (χ3n) is 6.63. The number of aromatic nitrogens is 4. The molecule has 2 aromatic carbocycles. The number of ether oxygens (including phenoxy) is 1. The monoisotopic (exact) mass is 550 g/mol. The molecule has 202 valence electrons. The lowest BCUT2D eigenvalue weighted by molar-refractivity contribution is 0.00684. The number of H-pyrrole nitrogens is 1. The molecule has 0 fully saturated rings. The predicted octanol–water partition coefficient (Wildman–Crippen LogP) is 5.44. The minimum atomic E-state index is -0.585. The highest BCUT2D eigenvalue weighted by Gasteiger charge is 2.30. The number of carbonyl (C=O) groups excluding carboxylic acids is 2. The van der Waals surface area contributed by atoms with Crippen molar-refractivity contribution in [2.24, 2.45) is 0 Å². The van der Waals surface area contributed by atoms with Crippen LogP contribution < -0.4 is 10.6 Å². The maximum atomic E-state index is 13.4. The van der Waals surface area contributed by atoms with Crippen LogP contribution in [0.15, 0.2) is 36.7 Å². The first-order chi connectivity index (χ1) is 18.5. The van der Waals surface area contributed by atoms with Gasteiger partial charge in [-0.1, -0.05) is 23.7 Å². The first kappa shape index (κ1) is 26.6. The van der Waals surface area contributed by atoms with Gasteiger partial charge >= 0.3 is 5.97 Å². The van der Waals surface area contributed by atoms with Crippen LogP contribution in [0.2, 0.25) is 5.02 Å². The Bertz CT molecular complexity index is 1600. The first-order valence-corrected chi connectivity index (χ1v) is 12.9. The van der Waals surface area contributed by atoms with Gasteiger partial charge in [0, 0.05) is 6.54 Å². The highest BCUT2D eigenvalue weighted by atomic mass is 35.5. The number of amides is 1. The van der Waals surface area contributed by atoms with Crippen molar-refractivity contribution in [2.75, 3.05) is 5.32 Å². The van der Waals surface area contributed by atoms with Crippen molar-refractivity contribution < 1.29 is 18.7 Å². The maximum Gasteiger partial charge on any atom is 0.338 e. The lowest BCUT2D eigenvalue weighted by Gasteiger charge is -2.21. The molecule has 2 aromatic heterocycles. The van der Waals surface area contributed by atoms with Crippen molar-refractivity contribution in [1.82, 2.24) is 25.5 Å². The van der Waals surface area contributed by atoms with E-state index in [1.807, 2.05) is 33.8 Å². The molecule has 1 aliphatic rings. The van der Waals surface area contributed by atoms with Gasteiger partial charge in [0.25, 0.3) is 5.91 Å². The Kier molecular flexibility index (Phi) is 6.98. The molecule has 39 heavy (non-hydrogen) atoms. The van der Waals surface area contributed by atoms with Crippen molar-refractivity contribution in [3.63, 3.8) is 0 Å². The highest BCUT2D eigenvalue weighted by molar-refractivity contribution is 6.30. The SMILES string of the molecule is Cc1c(C(=O)OC(C)(C)C)ccc2c1CC[C@@H]2NC(=O)c1ncnc2c(NCc3ccc(F)c(Cl)c3)n[nH]c12. The number of nitrogens with one attached hydrogen (secondary N) is 3. The van der Waals surface area contributed by atoms with Crippen LogP contribution >= 0.6 is 11.6 Å². The fraction of sp³-hybridized carbons (Fsp3) is 0.321. The Morgan fingerprint density at radius 3 is 2.74 bits per heavy atom. The Morgan fingerprint density at radius 2 is 2.00 bits per heavy atom. The Hall–Kier alpha value is -4.05. The molecule has 1 aliphatic carbocycles. The van der Waals surface area contributed by atoms with Crippen molar-refractivity contribution in [3.05, 3.63) is 81.0 Å². The molecule has 3 N–H and O–H groups in total. The summed E-state index contributed by atoms with van der Waals surface area (Å²) in [5.41, 5.74) is 4.61. The summed E-state index contributed by atoms with van der Waals surface area (Å²) in [6.07, 6.45) is 2.74. The van der Waals surface area contributed by atoms with E-state index < -0.39 is 11.4 Å². The van der Waals surface area contributed by atoms with Gasteiger partial charge < -0.3 is 15.4 Å². The van der Waals surface area contributed by atoms with E-state index in [0.717, 1.165) is 28.7 Å². The van der Waals surface area contributed by atoms with Gasteiger partial charge in [-0.05, 0) is 81.0 Å². The molecule has 1 amide bonds. The van der Waals surface area contributed by atoms with E-state index in [0.29, 0.717) is 35.4 Å². The average Bonchev–Trinajstić information content (AvgIpc) is 3.48. The van der Waals surface area contributed by atoms with Gasteiger partial charge in [0.2, 0.25) is 0 Å². The number of hydrogen-bond donors (Lipinski definition) is 3.